The predicted molar refractivity (Wildman–Crippen MR) is 90.6 cm³/mol. The van der Waals surface area contributed by atoms with E-state index in [-0.39, 0.29) is 10.8 Å². The monoisotopic (exact) mass is 343 g/mol. The van der Waals surface area contributed by atoms with Gasteiger partial charge in [0.1, 0.15) is 0 Å². The molecule has 4 rings (SSSR count). The predicted octanol–water partition coefficient (Wildman–Crippen LogP) is 1.74. The van der Waals surface area contributed by atoms with Crippen molar-refractivity contribution in [2.45, 2.75) is 24.7 Å². The number of hydrogen-bond acceptors (Lipinski definition) is 4. The number of carbonyl (C=O) groups excluding carboxylic acids is 1. The van der Waals surface area contributed by atoms with Crippen LogP contribution in [0.3, 0.4) is 0 Å². The number of pyridine rings is 1. The number of aromatic nitrogens is 1. The Morgan fingerprint density at radius 1 is 1.08 bits per heavy atom. The number of hydrogen-bond donors (Lipinski definition) is 0. The summed E-state index contributed by atoms with van der Waals surface area (Å²) >= 11 is 0. The van der Waals surface area contributed by atoms with E-state index in [1.54, 1.807) is 41.6 Å². The van der Waals surface area contributed by atoms with E-state index in [9.17, 15) is 13.2 Å². The van der Waals surface area contributed by atoms with Gasteiger partial charge in [0.15, 0.2) is 0 Å². The number of amides is 1. The van der Waals surface area contributed by atoms with Crippen molar-refractivity contribution in [1.29, 1.82) is 0 Å². The molecule has 1 aromatic carbocycles. The molecule has 24 heavy (non-hydrogen) atoms. The number of anilines is 2. The molecule has 0 bridgehead atoms. The maximum Gasteiger partial charge on any atom is 0.264 e. The third kappa shape index (κ3) is 2.19. The average Bonchev–Trinajstić information content (AvgIpc) is 3.18. The van der Waals surface area contributed by atoms with Crippen LogP contribution in [0.25, 0.3) is 0 Å². The van der Waals surface area contributed by atoms with Crippen molar-refractivity contribution in [2.24, 2.45) is 0 Å². The number of rotatable bonds is 2. The summed E-state index contributed by atoms with van der Waals surface area (Å²) in [5.41, 5.74) is 3.37. The van der Waals surface area contributed by atoms with Crippen LogP contribution in [0.4, 0.5) is 11.4 Å². The Labute approximate surface area is 140 Å². The fraction of sp³-hybridized carbons (Fsp3) is 0.294. The first kappa shape index (κ1) is 15.1. The second-order valence-electron chi connectivity index (χ2n) is 6.04. The van der Waals surface area contributed by atoms with Crippen LogP contribution < -0.4 is 9.21 Å². The van der Waals surface area contributed by atoms with Crippen molar-refractivity contribution in [1.82, 2.24) is 4.98 Å². The van der Waals surface area contributed by atoms with Gasteiger partial charge in [-0.1, -0.05) is 0 Å². The van der Waals surface area contributed by atoms with E-state index in [0.717, 1.165) is 16.8 Å². The number of nitrogens with zero attached hydrogens (tertiary/aromatic N) is 3. The standard InChI is InChI=1S/C17H17N3O3S/c1-12(21)19-8-5-13-10-15(2-3-16(13)19)24(22,23)20-9-6-14-11-18-7-4-17(14)20/h2-4,7,10-11H,5-6,8-9H2,1H3. The van der Waals surface area contributed by atoms with Crippen LogP contribution in [0.2, 0.25) is 0 Å². The highest BCUT2D eigenvalue weighted by Crippen LogP contribution is 2.35. The van der Waals surface area contributed by atoms with Gasteiger partial charge in [-0.15, -0.1) is 0 Å². The van der Waals surface area contributed by atoms with Crippen molar-refractivity contribution in [3.05, 3.63) is 47.8 Å². The van der Waals surface area contributed by atoms with Gasteiger partial charge in [-0.3, -0.25) is 14.1 Å². The Morgan fingerprint density at radius 2 is 1.88 bits per heavy atom. The molecule has 0 N–H and O–H groups in total. The molecule has 2 aliphatic rings. The Kier molecular flexibility index (Phi) is 3.35. The Morgan fingerprint density at radius 3 is 2.67 bits per heavy atom. The SMILES string of the molecule is CC(=O)N1CCc2cc(S(=O)(=O)N3CCc4cnccc43)ccc21. The Balaban J connectivity index is 1.73. The molecule has 0 atom stereocenters. The van der Waals surface area contributed by atoms with E-state index in [1.165, 1.54) is 11.2 Å². The maximum atomic E-state index is 13.0. The molecule has 2 aromatic rings. The number of carbonyl (C=O) groups is 1. The lowest BCUT2D eigenvalue weighted by Gasteiger charge is -2.20. The molecule has 3 heterocycles. The van der Waals surface area contributed by atoms with Gasteiger partial charge in [0.25, 0.3) is 10.0 Å². The van der Waals surface area contributed by atoms with Gasteiger partial charge in [0, 0.05) is 38.1 Å². The van der Waals surface area contributed by atoms with E-state index < -0.39 is 10.0 Å². The summed E-state index contributed by atoms with van der Waals surface area (Å²) in [7, 11) is -3.61. The third-order valence-electron chi connectivity index (χ3n) is 4.65. The van der Waals surface area contributed by atoms with Gasteiger partial charge in [-0.2, -0.15) is 0 Å². The summed E-state index contributed by atoms with van der Waals surface area (Å²) < 4.78 is 27.5. The second-order valence-corrected chi connectivity index (χ2v) is 7.91. The van der Waals surface area contributed by atoms with Crippen LogP contribution in [-0.2, 0) is 27.7 Å². The molecule has 6 nitrogen and oxygen atoms in total. The first-order valence-electron chi connectivity index (χ1n) is 7.85. The minimum absolute atomic E-state index is 0.0228. The summed E-state index contributed by atoms with van der Waals surface area (Å²) in [6.45, 7) is 2.56. The zero-order valence-electron chi connectivity index (χ0n) is 13.3. The summed E-state index contributed by atoms with van der Waals surface area (Å²) in [5.74, 6) is -0.0228. The quantitative estimate of drug-likeness (QED) is 0.833. The molecule has 0 unspecified atom stereocenters. The number of benzene rings is 1. The lowest BCUT2D eigenvalue weighted by molar-refractivity contribution is -0.116. The summed E-state index contributed by atoms with van der Waals surface area (Å²) in [4.78, 5) is 17.6. The van der Waals surface area contributed by atoms with E-state index >= 15 is 0 Å². The highest BCUT2D eigenvalue weighted by atomic mass is 32.2. The largest absolute Gasteiger partial charge is 0.312 e. The highest BCUT2D eigenvalue weighted by Gasteiger charge is 2.32. The van der Waals surface area contributed by atoms with Crippen LogP contribution in [0.1, 0.15) is 18.1 Å². The first-order chi connectivity index (χ1) is 11.5. The summed E-state index contributed by atoms with van der Waals surface area (Å²) in [6.07, 6.45) is 4.68. The Bertz CT molecular complexity index is 940. The van der Waals surface area contributed by atoms with Gasteiger partial charge in [0.05, 0.1) is 10.6 Å². The van der Waals surface area contributed by atoms with Crippen molar-refractivity contribution in [2.75, 3.05) is 22.3 Å². The molecule has 0 saturated carbocycles. The van der Waals surface area contributed by atoms with Crippen molar-refractivity contribution in [3.63, 3.8) is 0 Å². The molecule has 124 valence electrons. The summed E-state index contributed by atoms with van der Waals surface area (Å²) in [6, 6.07) is 6.77. The normalized spacial score (nSPS) is 16.2. The highest BCUT2D eigenvalue weighted by molar-refractivity contribution is 7.92. The zero-order valence-corrected chi connectivity index (χ0v) is 14.1. The van der Waals surface area contributed by atoms with Crippen LogP contribution in [0.5, 0.6) is 0 Å². The molecule has 2 aliphatic heterocycles. The average molecular weight is 343 g/mol. The second kappa shape index (κ2) is 5.31. The van der Waals surface area contributed by atoms with E-state index in [1.807, 2.05) is 0 Å². The molecule has 7 heteroatoms. The van der Waals surface area contributed by atoms with Crippen molar-refractivity contribution in [3.8, 4) is 0 Å². The fourth-order valence-corrected chi connectivity index (χ4v) is 5.00. The molecule has 0 fully saturated rings. The lowest BCUT2D eigenvalue weighted by Crippen LogP contribution is -2.29. The van der Waals surface area contributed by atoms with Crippen LogP contribution >= 0.6 is 0 Å². The minimum Gasteiger partial charge on any atom is -0.312 e. The maximum absolute atomic E-state index is 13.0. The molecule has 1 amide bonds. The minimum atomic E-state index is -3.61. The van der Waals surface area contributed by atoms with Crippen LogP contribution in [0, 0.1) is 0 Å². The van der Waals surface area contributed by atoms with Crippen LogP contribution in [0.15, 0.2) is 41.6 Å². The molecule has 0 radical (unpaired) electrons. The lowest BCUT2D eigenvalue weighted by atomic mass is 10.2. The number of sulfonamides is 1. The smallest absolute Gasteiger partial charge is 0.264 e. The molecule has 1 aromatic heterocycles. The topological polar surface area (TPSA) is 70.6 Å². The zero-order chi connectivity index (χ0) is 16.9. The first-order valence-corrected chi connectivity index (χ1v) is 9.29. The third-order valence-corrected chi connectivity index (χ3v) is 6.45. The van der Waals surface area contributed by atoms with Gasteiger partial charge < -0.3 is 4.90 Å². The summed E-state index contributed by atoms with van der Waals surface area (Å²) in [5, 5.41) is 0. The van der Waals surface area contributed by atoms with Gasteiger partial charge in [-0.25, -0.2) is 8.42 Å². The van der Waals surface area contributed by atoms with Crippen molar-refractivity contribution < 1.29 is 13.2 Å². The van der Waals surface area contributed by atoms with Gasteiger partial charge in [0.2, 0.25) is 5.91 Å². The fourth-order valence-electron chi connectivity index (χ4n) is 3.44. The van der Waals surface area contributed by atoms with Crippen molar-refractivity contribution >= 4 is 27.3 Å². The number of fused-ring (bicyclic) bond motifs is 2. The van der Waals surface area contributed by atoms with Gasteiger partial charge in [-0.05, 0) is 48.2 Å². The van der Waals surface area contributed by atoms with E-state index in [0.29, 0.717) is 31.6 Å². The van der Waals surface area contributed by atoms with E-state index in [2.05, 4.69) is 4.98 Å². The molecular formula is C17H17N3O3S. The molecular weight excluding hydrogens is 326 g/mol. The van der Waals surface area contributed by atoms with Gasteiger partial charge >= 0.3 is 0 Å². The van der Waals surface area contributed by atoms with E-state index in [4.69, 9.17) is 0 Å². The molecule has 0 spiro atoms. The van der Waals surface area contributed by atoms with Crippen LogP contribution in [-0.4, -0.2) is 32.4 Å². The molecule has 0 aliphatic carbocycles. The molecule has 0 saturated heterocycles. The Hall–Kier alpha value is -2.41.